The minimum absolute atomic E-state index is 0.0254. The molecule has 0 spiro atoms. The van der Waals surface area contributed by atoms with Crippen LogP contribution >= 0.6 is 0 Å². The third-order valence-corrected chi connectivity index (χ3v) is 4.61. The van der Waals surface area contributed by atoms with Crippen LogP contribution in [0.1, 0.15) is 36.0 Å². The number of aromatic nitrogens is 1. The normalized spacial score (nSPS) is 17.5. The molecule has 5 nitrogen and oxygen atoms in total. The topological polar surface area (TPSA) is 62.5 Å². The van der Waals surface area contributed by atoms with Gasteiger partial charge < -0.3 is 10.0 Å². The van der Waals surface area contributed by atoms with Crippen molar-refractivity contribution in [2.24, 2.45) is 0 Å². The number of hydrogen-bond donors (Lipinski definition) is 1. The molecule has 1 aliphatic rings. The lowest BCUT2D eigenvalue weighted by Gasteiger charge is -2.35. The molecule has 3 rings (SSSR count). The lowest BCUT2D eigenvalue weighted by atomic mass is 9.98. The second-order valence-electron chi connectivity index (χ2n) is 6.26. The first-order valence-corrected chi connectivity index (χ1v) is 8.50. The molecule has 1 N–H and O–H groups in total. The number of benzene rings is 1. The predicted octanol–water partition coefficient (Wildman–Crippen LogP) is 2.35. The van der Waals surface area contributed by atoms with E-state index in [-0.39, 0.29) is 29.9 Å². The minimum Gasteiger partial charge on any atom is -0.396 e. The van der Waals surface area contributed by atoms with Gasteiger partial charge >= 0.3 is 0 Å². The van der Waals surface area contributed by atoms with E-state index in [1.807, 2.05) is 0 Å². The van der Waals surface area contributed by atoms with Crippen LogP contribution in [-0.4, -0.2) is 39.7 Å². The van der Waals surface area contributed by atoms with E-state index in [1.165, 1.54) is 47.2 Å². The van der Waals surface area contributed by atoms with E-state index in [9.17, 15) is 19.1 Å². The summed E-state index contributed by atoms with van der Waals surface area (Å²) >= 11 is 0. The molecule has 1 aromatic carbocycles. The number of carbonyl (C=O) groups is 1. The molecule has 25 heavy (non-hydrogen) atoms. The molecule has 0 saturated carbocycles. The summed E-state index contributed by atoms with van der Waals surface area (Å²) in [6.45, 7) is 0.697. The smallest absolute Gasteiger partial charge is 0.255 e. The van der Waals surface area contributed by atoms with Crippen molar-refractivity contribution in [3.8, 4) is 5.69 Å². The molecule has 1 aromatic heterocycles. The van der Waals surface area contributed by atoms with Gasteiger partial charge in [-0.15, -0.1) is 0 Å². The predicted molar refractivity (Wildman–Crippen MR) is 92.4 cm³/mol. The molecule has 0 bridgehead atoms. The summed E-state index contributed by atoms with van der Waals surface area (Å²) in [4.78, 5) is 26.8. The molecule has 1 saturated heterocycles. The first-order valence-electron chi connectivity index (χ1n) is 8.50. The first-order chi connectivity index (χ1) is 12.1. The largest absolute Gasteiger partial charge is 0.396 e. The van der Waals surface area contributed by atoms with Gasteiger partial charge in [-0.25, -0.2) is 4.39 Å². The quantitative estimate of drug-likeness (QED) is 0.926. The zero-order valence-corrected chi connectivity index (χ0v) is 13.9. The lowest BCUT2D eigenvalue weighted by molar-refractivity contribution is 0.0574. The highest BCUT2D eigenvalue weighted by atomic mass is 19.1. The van der Waals surface area contributed by atoms with Crippen molar-refractivity contribution >= 4 is 5.91 Å². The SMILES string of the molecule is O=C(c1ccc(=O)n(-c2ccc(F)cc2)c1)N1CCCC[C@H]1CCO. The van der Waals surface area contributed by atoms with Gasteiger partial charge in [-0.05, 0) is 56.0 Å². The fourth-order valence-electron chi connectivity index (χ4n) is 3.30. The fraction of sp³-hybridized carbons (Fsp3) is 0.368. The van der Waals surface area contributed by atoms with Crippen LogP contribution < -0.4 is 5.56 Å². The number of likely N-dealkylation sites (tertiary alicyclic amines) is 1. The Morgan fingerprint density at radius 1 is 1.16 bits per heavy atom. The number of piperidine rings is 1. The molecule has 0 radical (unpaired) electrons. The number of aliphatic hydroxyl groups is 1. The first kappa shape index (κ1) is 17.4. The minimum atomic E-state index is -0.385. The van der Waals surface area contributed by atoms with Crippen LogP contribution in [0.3, 0.4) is 0 Å². The molecular weight excluding hydrogens is 323 g/mol. The number of aliphatic hydroxyl groups excluding tert-OH is 1. The fourth-order valence-corrected chi connectivity index (χ4v) is 3.30. The lowest BCUT2D eigenvalue weighted by Crippen LogP contribution is -2.44. The Morgan fingerprint density at radius 2 is 1.92 bits per heavy atom. The Bertz CT molecular complexity index is 799. The Hall–Kier alpha value is -2.47. The number of amides is 1. The number of halogens is 1. The Labute approximate surface area is 145 Å². The van der Waals surface area contributed by atoms with Crippen molar-refractivity contribution in [3.05, 3.63) is 64.3 Å². The molecule has 2 heterocycles. The van der Waals surface area contributed by atoms with Gasteiger partial charge in [-0.3, -0.25) is 14.2 Å². The second kappa shape index (κ2) is 7.61. The van der Waals surface area contributed by atoms with Crippen molar-refractivity contribution in [1.29, 1.82) is 0 Å². The van der Waals surface area contributed by atoms with Gasteiger partial charge in [-0.1, -0.05) is 0 Å². The summed E-state index contributed by atoms with van der Waals surface area (Å²) in [6.07, 6.45) is 4.92. The zero-order valence-electron chi connectivity index (χ0n) is 13.9. The van der Waals surface area contributed by atoms with Crippen LogP contribution in [0.5, 0.6) is 0 Å². The van der Waals surface area contributed by atoms with E-state index >= 15 is 0 Å². The summed E-state index contributed by atoms with van der Waals surface area (Å²) in [6, 6.07) is 8.45. The van der Waals surface area contributed by atoms with E-state index in [0.717, 1.165) is 19.3 Å². The number of carbonyl (C=O) groups excluding carboxylic acids is 1. The van der Waals surface area contributed by atoms with Crippen molar-refractivity contribution in [3.63, 3.8) is 0 Å². The Morgan fingerprint density at radius 3 is 2.64 bits per heavy atom. The maximum absolute atomic E-state index is 13.1. The molecule has 6 heteroatoms. The standard InChI is InChI=1S/C19H21FN2O3/c20-15-5-7-17(8-6-15)22-13-14(4-9-18(22)24)19(25)21-11-2-1-3-16(21)10-12-23/h4-9,13,16,23H,1-3,10-12H2/t16-/m0/s1. The van der Waals surface area contributed by atoms with E-state index in [4.69, 9.17) is 0 Å². The molecule has 1 aliphatic heterocycles. The third-order valence-electron chi connectivity index (χ3n) is 4.61. The Balaban J connectivity index is 1.92. The molecule has 1 atom stereocenters. The zero-order chi connectivity index (χ0) is 17.8. The van der Waals surface area contributed by atoms with Crippen LogP contribution in [0.25, 0.3) is 5.69 Å². The van der Waals surface area contributed by atoms with Crippen molar-refractivity contribution in [2.45, 2.75) is 31.7 Å². The maximum Gasteiger partial charge on any atom is 0.255 e. The molecule has 0 aliphatic carbocycles. The van der Waals surface area contributed by atoms with Crippen molar-refractivity contribution in [1.82, 2.24) is 9.47 Å². The van der Waals surface area contributed by atoms with Gasteiger partial charge in [0.2, 0.25) is 0 Å². The Kier molecular flexibility index (Phi) is 5.28. The molecule has 2 aromatic rings. The van der Waals surface area contributed by atoms with E-state index < -0.39 is 0 Å². The van der Waals surface area contributed by atoms with Gasteiger partial charge in [0, 0.05) is 37.1 Å². The highest BCUT2D eigenvalue weighted by molar-refractivity contribution is 5.94. The number of pyridine rings is 1. The highest BCUT2D eigenvalue weighted by Gasteiger charge is 2.27. The average molecular weight is 344 g/mol. The summed E-state index contributed by atoms with van der Waals surface area (Å²) in [5.74, 6) is -0.529. The number of rotatable bonds is 4. The molecule has 0 unspecified atom stereocenters. The van der Waals surface area contributed by atoms with Crippen LogP contribution in [-0.2, 0) is 0 Å². The molecular formula is C19H21FN2O3. The van der Waals surface area contributed by atoms with Gasteiger partial charge in [-0.2, -0.15) is 0 Å². The van der Waals surface area contributed by atoms with Crippen LogP contribution in [0.4, 0.5) is 4.39 Å². The number of nitrogens with zero attached hydrogens (tertiary/aromatic N) is 2. The average Bonchev–Trinajstić information content (AvgIpc) is 2.63. The maximum atomic E-state index is 13.1. The van der Waals surface area contributed by atoms with Gasteiger partial charge in [0.1, 0.15) is 5.82 Å². The highest BCUT2D eigenvalue weighted by Crippen LogP contribution is 2.22. The van der Waals surface area contributed by atoms with Crippen LogP contribution in [0.2, 0.25) is 0 Å². The van der Waals surface area contributed by atoms with E-state index in [1.54, 1.807) is 4.90 Å². The summed E-state index contributed by atoms with van der Waals surface area (Å²) < 4.78 is 14.4. The molecule has 1 fully saturated rings. The van der Waals surface area contributed by atoms with Gasteiger partial charge in [0.05, 0.1) is 5.56 Å². The van der Waals surface area contributed by atoms with E-state index in [2.05, 4.69) is 0 Å². The summed E-state index contributed by atoms with van der Waals surface area (Å²) in [5, 5.41) is 9.23. The van der Waals surface area contributed by atoms with Crippen molar-refractivity contribution in [2.75, 3.05) is 13.2 Å². The molecule has 1 amide bonds. The van der Waals surface area contributed by atoms with Crippen LogP contribution in [0, 0.1) is 5.82 Å². The second-order valence-corrected chi connectivity index (χ2v) is 6.26. The van der Waals surface area contributed by atoms with Crippen LogP contribution in [0.15, 0.2) is 47.4 Å². The third kappa shape index (κ3) is 3.79. The van der Waals surface area contributed by atoms with Crippen molar-refractivity contribution < 1.29 is 14.3 Å². The monoisotopic (exact) mass is 344 g/mol. The summed E-state index contributed by atoms with van der Waals surface area (Å²) in [5.41, 5.74) is 0.633. The summed E-state index contributed by atoms with van der Waals surface area (Å²) in [7, 11) is 0. The van der Waals surface area contributed by atoms with Gasteiger partial charge in [0.25, 0.3) is 11.5 Å². The molecule has 132 valence electrons. The van der Waals surface area contributed by atoms with E-state index in [0.29, 0.717) is 24.2 Å². The number of hydrogen-bond acceptors (Lipinski definition) is 3. The van der Waals surface area contributed by atoms with Gasteiger partial charge in [0.15, 0.2) is 0 Å².